The molecule has 1 amide bonds. The van der Waals surface area contributed by atoms with Gasteiger partial charge in [0, 0.05) is 13.0 Å². The van der Waals surface area contributed by atoms with Gasteiger partial charge in [-0.05, 0) is 37.6 Å². The van der Waals surface area contributed by atoms with Gasteiger partial charge in [0.25, 0.3) is 0 Å². The first-order valence-corrected chi connectivity index (χ1v) is 9.33. The molecule has 0 fully saturated rings. The molecular formula is C20H23N3OS. The second-order valence-corrected chi connectivity index (χ2v) is 7.46. The van der Waals surface area contributed by atoms with Crippen molar-refractivity contribution in [2.45, 2.75) is 25.2 Å². The number of hydrogen-bond donors (Lipinski definition) is 2. The van der Waals surface area contributed by atoms with Gasteiger partial charge in [-0.25, -0.2) is 4.98 Å². The Morgan fingerprint density at radius 2 is 1.88 bits per heavy atom. The lowest BCUT2D eigenvalue weighted by Gasteiger charge is -2.28. The van der Waals surface area contributed by atoms with E-state index >= 15 is 0 Å². The summed E-state index contributed by atoms with van der Waals surface area (Å²) in [7, 11) is 0. The van der Waals surface area contributed by atoms with Gasteiger partial charge in [-0.2, -0.15) is 0 Å². The summed E-state index contributed by atoms with van der Waals surface area (Å²) in [4.78, 5) is 17.7. The first-order valence-electron chi connectivity index (χ1n) is 8.52. The van der Waals surface area contributed by atoms with Crippen LogP contribution in [0.4, 0.5) is 0 Å². The van der Waals surface area contributed by atoms with Crippen molar-refractivity contribution >= 4 is 27.5 Å². The fraction of sp³-hybridized carbons (Fsp3) is 0.300. The van der Waals surface area contributed by atoms with Gasteiger partial charge in [0.1, 0.15) is 0 Å². The van der Waals surface area contributed by atoms with E-state index in [0.29, 0.717) is 19.5 Å². The zero-order valence-electron chi connectivity index (χ0n) is 14.4. The Labute approximate surface area is 152 Å². The van der Waals surface area contributed by atoms with Crippen LogP contribution in [-0.2, 0) is 16.6 Å². The second kappa shape index (κ2) is 7.76. The quantitative estimate of drug-likeness (QED) is 0.641. The van der Waals surface area contributed by atoms with E-state index in [4.69, 9.17) is 10.7 Å². The van der Waals surface area contributed by atoms with Crippen LogP contribution in [0, 0.1) is 0 Å². The smallest absolute Gasteiger partial charge is 0.230 e. The summed E-state index contributed by atoms with van der Waals surface area (Å²) in [6.07, 6.45) is 1.35. The van der Waals surface area contributed by atoms with Crippen LogP contribution in [0.1, 0.15) is 23.9 Å². The lowest BCUT2D eigenvalue weighted by molar-refractivity contribution is -0.126. The number of nitrogens with zero attached hydrogens (tertiary/aromatic N) is 1. The maximum atomic E-state index is 13.0. The Kier molecular flexibility index (Phi) is 5.46. The fourth-order valence-electron chi connectivity index (χ4n) is 2.92. The number of nitrogens with one attached hydrogen (secondary N) is 1. The molecule has 0 saturated heterocycles. The maximum absolute atomic E-state index is 13.0. The van der Waals surface area contributed by atoms with E-state index in [2.05, 4.69) is 11.4 Å². The lowest BCUT2D eigenvalue weighted by atomic mass is 9.78. The van der Waals surface area contributed by atoms with E-state index in [0.717, 1.165) is 27.2 Å². The zero-order chi connectivity index (χ0) is 17.7. The van der Waals surface area contributed by atoms with Gasteiger partial charge >= 0.3 is 0 Å². The molecule has 1 unspecified atom stereocenters. The number of nitrogens with two attached hydrogens (primary N) is 1. The van der Waals surface area contributed by atoms with Gasteiger partial charge in [-0.3, -0.25) is 4.79 Å². The van der Waals surface area contributed by atoms with Crippen LogP contribution >= 0.6 is 11.3 Å². The standard InChI is InChI=1S/C20H23N3OS/c1-20(15-8-3-2-4-9-15,19(24)22-13-7-12-21)14-18-23-16-10-5-6-11-17(16)25-18/h2-6,8-11H,7,12-14,21H2,1H3,(H,22,24). The highest BCUT2D eigenvalue weighted by molar-refractivity contribution is 7.18. The highest BCUT2D eigenvalue weighted by atomic mass is 32.1. The van der Waals surface area contributed by atoms with Gasteiger partial charge in [-0.1, -0.05) is 42.5 Å². The first kappa shape index (κ1) is 17.6. The fourth-order valence-corrected chi connectivity index (χ4v) is 4.04. The molecule has 25 heavy (non-hydrogen) atoms. The van der Waals surface area contributed by atoms with Crippen LogP contribution in [-0.4, -0.2) is 24.0 Å². The van der Waals surface area contributed by atoms with E-state index in [1.165, 1.54) is 0 Å². The van der Waals surface area contributed by atoms with E-state index in [9.17, 15) is 4.79 Å². The third-order valence-corrected chi connectivity index (χ3v) is 5.46. The molecular weight excluding hydrogens is 330 g/mol. The molecule has 0 radical (unpaired) electrons. The monoisotopic (exact) mass is 353 g/mol. The number of aromatic nitrogens is 1. The summed E-state index contributed by atoms with van der Waals surface area (Å²) in [5.74, 6) is 0.0198. The number of hydrogen-bond acceptors (Lipinski definition) is 4. The molecule has 130 valence electrons. The van der Waals surface area contributed by atoms with Crippen molar-refractivity contribution in [3.05, 3.63) is 65.2 Å². The van der Waals surface area contributed by atoms with Gasteiger partial charge in [-0.15, -0.1) is 11.3 Å². The van der Waals surface area contributed by atoms with Crippen LogP contribution in [0.3, 0.4) is 0 Å². The minimum absolute atomic E-state index is 0.0198. The number of carbonyl (C=O) groups is 1. The van der Waals surface area contributed by atoms with Crippen molar-refractivity contribution in [2.24, 2.45) is 5.73 Å². The number of thiazole rings is 1. The van der Waals surface area contributed by atoms with Crippen LogP contribution in [0.25, 0.3) is 10.2 Å². The topological polar surface area (TPSA) is 68.0 Å². The molecule has 0 aliphatic carbocycles. The van der Waals surface area contributed by atoms with Gasteiger partial charge in [0.15, 0.2) is 0 Å². The summed E-state index contributed by atoms with van der Waals surface area (Å²) < 4.78 is 1.15. The van der Waals surface area contributed by atoms with Crippen molar-refractivity contribution in [2.75, 3.05) is 13.1 Å². The molecule has 3 aromatic rings. The molecule has 0 aliphatic heterocycles. The number of rotatable bonds is 7. The Morgan fingerprint density at radius 3 is 2.60 bits per heavy atom. The van der Waals surface area contributed by atoms with Crippen molar-refractivity contribution in [3.8, 4) is 0 Å². The van der Waals surface area contributed by atoms with E-state index in [-0.39, 0.29) is 5.91 Å². The normalized spacial score (nSPS) is 13.5. The molecule has 5 heteroatoms. The molecule has 0 aliphatic rings. The van der Waals surface area contributed by atoms with E-state index in [1.807, 2.05) is 55.5 Å². The van der Waals surface area contributed by atoms with E-state index in [1.54, 1.807) is 11.3 Å². The Hall–Kier alpha value is -2.24. The lowest BCUT2D eigenvalue weighted by Crippen LogP contribution is -2.44. The minimum Gasteiger partial charge on any atom is -0.355 e. The van der Waals surface area contributed by atoms with E-state index < -0.39 is 5.41 Å². The molecule has 0 spiro atoms. The molecule has 1 heterocycles. The zero-order valence-corrected chi connectivity index (χ0v) is 15.2. The van der Waals surface area contributed by atoms with Crippen LogP contribution in [0.15, 0.2) is 54.6 Å². The van der Waals surface area contributed by atoms with Crippen LogP contribution < -0.4 is 11.1 Å². The number of amides is 1. The predicted molar refractivity (Wildman–Crippen MR) is 104 cm³/mol. The number of fused-ring (bicyclic) bond motifs is 1. The van der Waals surface area contributed by atoms with Crippen molar-refractivity contribution < 1.29 is 4.79 Å². The van der Waals surface area contributed by atoms with Gasteiger partial charge < -0.3 is 11.1 Å². The first-order chi connectivity index (χ1) is 12.1. The molecule has 0 bridgehead atoms. The molecule has 3 N–H and O–H groups in total. The van der Waals surface area contributed by atoms with Crippen molar-refractivity contribution in [1.29, 1.82) is 0 Å². The summed E-state index contributed by atoms with van der Waals surface area (Å²) in [5.41, 5.74) is 6.87. The van der Waals surface area contributed by atoms with Crippen LogP contribution in [0.5, 0.6) is 0 Å². The molecule has 0 saturated carbocycles. The van der Waals surface area contributed by atoms with Crippen LogP contribution in [0.2, 0.25) is 0 Å². The third-order valence-electron chi connectivity index (χ3n) is 4.42. The number of para-hydroxylation sites is 1. The maximum Gasteiger partial charge on any atom is 0.230 e. The SMILES string of the molecule is CC(Cc1nc2ccccc2s1)(C(=O)NCCCN)c1ccccc1. The highest BCUT2D eigenvalue weighted by Crippen LogP contribution is 2.32. The summed E-state index contributed by atoms with van der Waals surface area (Å²) in [6.45, 7) is 3.16. The Bertz CT molecular complexity index is 813. The predicted octanol–water partition coefficient (Wildman–Crippen LogP) is 3.26. The molecule has 3 rings (SSSR count). The highest BCUT2D eigenvalue weighted by Gasteiger charge is 2.36. The Balaban J connectivity index is 1.91. The van der Waals surface area contributed by atoms with Gasteiger partial charge in [0.05, 0.1) is 20.6 Å². The largest absolute Gasteiger partial charge is 0.355 e. The third kappa shape index (κ3) is 3.89. The number of benzene rings is 2. The molecule has 1 atom stereocenters. The average molecular weight is 353 g/mol. The summed E-state index contributed by atoms with van der Waals surface area (Å²) in [6, 6.07) is 18.0. The molecule has 2 aromatic carbocycles. The Morgan fingerprint density at radius 1 is 1.16 bits per heavy atom. The minimum atomic E-state index is -0.663. The van der Waals surface area contributed by atoms with Gasteiger partial charge in [0.2, 0.25) is 5.91 Å². The molecule has 1 aromatic heterocycles. The molecule has 4 nitrogen and oxygen atoms in total. The average Bonchev–Trinajstić information content (AvgIpc) is 3.04. The van der Waals surface area contributed by atoms with Crippen molar-refractivity contribution in [3.63, 3.8) is 0 Å². The summed E-state index contributed by atoms with van der Waals surface area (Å²) >= 11 is 1.65. The van der Waals surface area contributed by atoms with Crippen molar-refractivity contribution in [1.82, 2.24) is 10.3 Å². The summed E-state index contributed by atoms with van der Waals surface area (Å²) in [5, 5.41) is 4.01. The number of carbonyl (C=O) groups excluding carboxylic acids is 1. The second-order valence-electron chi connectivity index (χ2n) is 6.35.